The van der Waals surface area contributed by atoms with Gasteiger partial charge in [0, 0.05) is 14.2 Å². The predicted octanol–water partition coefficient (Wildman–Crippen LogP) is 5.52. The molecule has 0 aliphatic rings. The number of thiophene rings is 1. The minimum absolute atomic E-state index is 0.307. The SMILES string of the molecule is CCCNC(c1ccc(Br)cc1C)c1sc(C)cc1C. The zero-order valence-electron chi connectivity index (χ0n) is 12.6. The Balaban J connectivity index is 2.44. The first-order chi connectivity index (χ1) is 9.52. The Morgan fingerprint density at radius 3 is 2.45 bits per heavy atom. The predicted molar refractivity (Wildman–Crippen MR) is 92.8 cm³/mol. The van der Waals surface area contributed by atoms with Crippen LogP contribution in [0.15, 0.2) is 28.7 Å². The van der Waals surface area contributed by atoms with Gasteiger partial charge in [0.25, 0.3) is 0 Å². The van der Waals surface area contributed by atoms with Crippen LogP contribution in [0.3, 0.4) is 0 Å². The molecule has 2 rings (SSSR count). The maximum atomic E-state index is 3.71. The van der Waals surface area contributed by atoms with E-state index in [0.717, 1.165) is 17.4 Å². The van der Waals surface area contributed by atoms with Gasteiger partial charge in [0.1, 0.15) is 0 Å². The van der Waals surface area contributed by atoms with Crippen molar-refractivity contribution in [1.82, 2.24) is 5.32 Å². The van der Waals surface area contributed by atoms with E-state index in [0.29, 0.717) is 6.04 Å². The van der Waals surface area contributed by atoms with Crippen LogP contribution in [0.2, 0.25) is 0 Å². The van der Waals surface area contributed by atoms with Gasteiger partial charge in [-0.3, -0.25) is 0 Å². The van der Waals surface area contributed by atoms with E-state index >= 15 is 0 Å². The molecular formula is C17H22BrNS. The van der Waals surface area contributed by atoms with Crippen LogP contribution in [0.1, 0.15) is 45.8 Å². The van der Waals surface area contributed by atoms with Gasteiger partial charge in [-0.05, 0) is 68.6 Å². The fraction of sp³-hybridized carbons (Fsp3) is 0.412. The third-order valence-corrected chi connectivity index (χ3v) is 5.19. The Kier molecular flexibility index (Phi) is 5.42. The second kappa shape index (κ2) is 6.88. The van der Waals surface area contributed by atoms with Crippen molar-refractivity contribution in [2.45, 2.75) is 40.2 Å². The maximum absolute atomic E-state index is 3.71. The summed E-state index contributed by atoms with van der Waals surface area (Å²) in [7, 11) is 0. The first-order valence-corrected chi connectivity index (χ1v) is 8.70. The van der Waals surface area contributed by atoms with Crippen molar-refractivity contribution >= 4 is 27.3 Å². The second-order valence-electron chi connectivity index (χ2n) is 5.29. The average Bonchev–Trinajstić information content (AvgIpc) is 2.71. The van der Waals surface area contributed by atoms with E-state index in [2.05, 4.69) is 73.2 Å². The molecule has 3 heteroatoms. The largest absolute Gasteiger partial charge is 0.306 e. The van der Waals surface area contributed by atoms with Gasteiger partial charge >= 0.3 is 0 Å². The summed E-state index contributed by atoms with van der Waals surface area (Å²) in [5.74, 6) is 0. The zero-order valence-corrected chi connectivity index (χ0v) is 15.0. The Morgan fingerprint density at radius 1 is 1.15 bits per heavy atom. The van der Waals surface area contributed by atoms with E-state index in [-0.39, 0.29) is 0 Å². The summed E-state index contributed by atoms with van der Waals surface area (Å²) in [5, 5.41) is 3.71. The molecule has 1 heterocycles. The van der Waals surface area contributed by atoms with Gasteiger partial charge in [-0.15, -0.1) is 11.3 Å². The standard InChI is InChI=1S/C17H22BrNS/c1-5-8-19-16(17-12(3)9-13(4)20-17)15-7-6-14(18)10-11(15)2/h6-7,9-10,16,19H,5,8H2,1-4H3. The topological polar surface area (TPSA) is 12.0 Å². The minimum atomic E-state index is 0.307. The molecule has 0 fully saturated rings. The summed E-state index contributed by atoms with van der Waals surface area (Å²) in [6, 6.07) is 9.17. The van der Waals surface area contributed by atoms with Crippen molar-refractivity contribution in [3.63, 3.8) is 0 Å². The summed E-state index contributed by atoms with van der Waals surface area (Å²) in [4.78, 5) is 2.83. The molecule has 20 heavy (non-hydrogen) atoms. The molecule has 0 spiro atoms. The molecule has 0 amide bonds. The molecule has 1 aromatic carbocycles. The number of benzene rings is 1. The van der Waals surface area contributed by atoms with Crippen molar-refractivity contribution in [2.24, 2.45) is 0 Å². The molecule has 0 saturated heterocycles. The fourth-order valence-electron chi connectivity index (χ4n) is 2.54. The second-order valence-corrected chi connectivity index (χ2v) is 7.50. The number of halogens is 1. The molecular weight excluding hydrogens is 330 g/mol. The van der Waals surface area contributed by atoms with Crippen molar-refractivity contribution < 1.29 is 0 Å². The van der Waals surface area contributed by atoms with Gasteiger partial charge in [0.2, 0.25) is 0 Å². The molecule has 108 valence electrons. The van der Waals surface area contributed by atoms with E-state index in [9.17, 15) is 0 Å². The first-order valence-electron chi connectivity index (χ1n) is 7.09. The van der Waals surface area contributed by atoms with Crippen LogP contribution in [0, 0.1) is 20.8 Å². The van der Waals surface area contributed by atoms with Crippen LogP contribution in [0.5, 0.6) is 0 Å². The molecule has 2 aromatic rings. The van der Waals surface area contributed by atoms with E-state index in [1.54, 1.807) is 0 Å². The lowest BCUT2D eigenvalue weighted by Gasteiger charge is -2.21. The van der Waals surface area contributed by atoms with Gasteiger partial charge in [0.15, 0.2) is 0 Å². The van der Waals surface area contributed by atoms with Crippen molar-refractivity contribution in [3.8, 4) is 0 Å². The molecule has 1 atom stereocenters. The van der Waals surface area contributed by atoms with Gasteiger partial charge in [0.05, 0.1) is 6.04 Å². The van der Waals surface area contributed by atoms with E-state index in [1.165, 1.54) is 26.4 Å². The van der Waals surface area contributed by atoms with Crippen molar-refractivity contribution in [1.29, 1.82) is 0 Å². The van der Waals surface area contributed by atoms with Crippen LogP contribution < -0.4 is 5.32 Å². The van der Waals surface area contributed by atoms with Gasteiger partial charge in [-0.1, -0.05) is 28.9 Å². The van der Waals surface area contributed by atoms with E-state index in [4.69, 9.17) is 0 Å². The first kappa shape index (κ1) is 15.7. The molecule has 0 aliphatic carbocycles. The molecule has 1 aromatic heterocycles. The lowest BCUT2D eigenvalue weighted by Crippen LogP contribution is -2.23. The number of nitrogens with one attached hydrogen (secondary N) is 1. The Morgan fingerprint density at radius 2 is 1.90 bits per heavy atom. The third-order valence-electron chi connectivity index (χ3n) is 3.48. The minimum Gasteiger partial charge on any atom is -0.306 e. The monoisotopic (exact) mass is 351 g/mol. The number of hydrogen-bond acceptors (Lipinski definition) is 2. The Hall–Kier alpha value is -0.640. The highest BCUT2D eigenvalue weighted by molar-refractivity contribution is 9.10. The summed E-state index contributed by atoms with van der Waals surface area (Å²) in [6.07, 6.45) is 1.15. The highest BCUT2D eigenvalue weighted by Crippen LogP contribution is 2.34. The zero-order chi connectivity index (χ0) is 14.7. The van der Waals surface area contributed by atoms with Gasteiger partial charge in [-0.25, -0.2) is 0 Å². The van der Waals surface area contributed by atoms with E-state index in [1.807, 2.05) is 11.3 Å². The molecule has 1 nitrogen and oxygen atoms in total. The third kappa shape index (κ3) is 3.51. The fourth-order valence-corrected chi connectivity index (χ4v) is 4.15. The van der Waals surface area contributed by atoms with Crippen LogP contribution in [-0.2, 0) is 0 Å². The normalized spacial score (nSPS) is 12.7. The Bertz CT molecular complexity index is 589. The van der Waals surface area contributed by atoms with E-state index < -0.39 is 0 Å². The van der Waals surface area contributed by atoms with Crippen LogP contribution >= 0.6 is 27.3 Å². The van der Waals surface area contributed by atoms with Crippen molar-refractivity contribution in [3.05, 3.63) is 55.2 Å². The van der Waals surface area contributed by atoms with Crippen LogP contribution in [0.25, 0.3) is 0 Å². The average molecular weight is 352 g/mol. The summed E-state index contributed by atoms with van der Waals surface area (Å²) >= 11 is 5.46. The van der Waals surface area contributed by atoms with Crippen LogP contribution in [0.4, 0.5) is 0 Å². The highest BCUT2D eigenvalue weighted by Gasteiger charge is 2.19. The Labute approximate surface area is 134 Å². The molecule has 0 radical (unpaired) electrons. The van der Waals surface area contributed by atoms with Gasteiger partial charge < -0.3 is 5.32 Å². The number of hydrogen-bond donors (Lipinski definition) is 1. The molecule has 0 bridgehead atoms. The molecule has 0 saturated carbocycles. The summed E-state index contributed by atoms with van der Waals surface area (Å²) < 4.78 is 1.15. The quantitative estimate of drug-likeness (QED) is 0.747. The number of rotatable bonds is 5. The lowest BCUT2D eigenvalue weighted by molar-refractivity contribution is 0.601. The van der Waals surface area contributed by atoms with Gasteiger partial charge in [-0.2, -0.15) is 0 Å². The smallest absolute Gasteiger partial charge is 0.0676 e. The molecule has 1 unspecified atom stereocenters. The number of aryl methyl sites for hydroxylation is 3. The maximum Gasteiger partial charge on any atom is 0.0676 e. The summed E-state index contributed by atoms with van der Waals surface area (Å²) in [6.45, 7) is 9.85. The molecule has 0 aliphatic heterocycles. The summed E-state index contributed by atoms with van der Waals surface area (Å²) in [5.41, 5.74) is 4.11. The lowest BCUT2D eigenvalue weighted by atomic mass is 9.98. The van der Waals surface area contributed by atoms with Crippen LogP contribution in [-0.4, -0.2) is 6.54 Å². The molecule has 1 N–H and O–H groups in total. The van der Waals surface area contributed by atoms with Crippen molar-refractivity contribution in [2.75, 3.05) is 6.54 Å². The highest BCUT2D eigenvalue weighted by atomic mass is 79.9.